The summed E-state index contributed by atoms with van der Waals surface area (Å²) in [4.78, 5) is 41.8. The number of pyridine rings is 1. The molecular weight excluding hydrogens is 467 g/mol. The van der Waals surface area contributed by atoms with Crippen LogP contribution in [0.5, 0.6) is 11.5 Å². The standard InChI is InChI=1S/C26H25FN4O5/c1-3-31-12-19(24(32)18-9-22-23(10-21(18)31)36-13-35-22)26(34)30-14(2)25(33)28-7-6-15-11-29-20-5-4-16(27)8-17(15)20/h4-5,8-12,14,29H,3,6-7,13H2,1-2H3,(H,28,33)(H,30,34)/t14-/m0/s1. The highest BCUT2D eigenvalue weighted by atomic mass is 19.1. The van der Waals surface area contributed by atoms with E-state index in [0.29, 0.717) is 41.9 Å². The van der Waals surface area contributed by atoms with Gasteiger partial charge < -0.3 is 29.7 Å². The van der Waals surface area contributed by atoms with Crippen molar-refractivity contribution in [3.63, 3.8) is 0 Å². The van der Waals surface area contributed by atoms with Gasteiger partial charge in [0.05, 0.1) is 10.9 Å². The number of nitrogens with zero attached hydrogens (tertiary/aromatic N) is 1. The molecule has 36 heavy (non-hydrogen) atoms. The summed E-state index contributed by atoms with van der Waals surface area (Å²) < 4.78 is 26.1. The molecule has 2 aromatic carbocycles. The normalized spacial score (nSPS) is 13.2. The molecule has 0 unspecified atom stereocenters. The van der Waals surface area contributed by atoms with Gasteiger partial charge in [0.15, 0.2) is 11.5 Å². The molecule has 0 radical (unpaired) electrons. The summed E-state index contributed by atoms with van der Waals surface area (Å²) in [7, 11) is 0. The summed E-state index contributed by atoms with van der Waals surface area (Å²) in [6.45, 7) is 4.34. The van der Waals surface area contributed by atoms with Crippen LogP contribution < -0.4 is 25.5 Å². The quantitative estimate of drug-likeness (QED) is 0.367. The molecule has 2 amide bonds. The molecule has 0 fully saturated rings. The smallest absolute Gasteiger partial charge is 0.257 e. The Bertz CT molecular complexity index is 1560. The summed E-state index contributed by atoms with van der Waals surface area (Å²) in [5.74, 6) is -0.370. The molecule has 0 saturated carbocycles. The predicted molar refractivity (Wildman–Crippen MR) is 132 cm³/mol. The number of nitrogens with one attached hydrogen (secondary N) is 3. The molecule has 3 heterocycles. The molecule has 0 saturated heterocycles. The second-order valence-electron chi connectivity index (χ2n) is 8.62. The number of hydrogen-bond acceptors (Lipinski definition) is 5. The van der Waals surface area contributed by atoms with Crippen molar-refractivity contribution in [3.8, 4) is 11.5 Å². The zero-order valence-electron chi connectivity index (χ0n) is 19.8. The second-order valence-corrected chi connectivity index (χ2v) is 8.62. The lowest BCUT2D eigenvalue weighted by Gasteiger charge is -2.16. The van der Waals surface area contributed by atoms with E-state index in [1.165, 1.54) is 18.3 Å². The zero-order valence-corrected chi connectivity index (χ0v) is 19.8. The lowest BCUT2D eigenvalue weighted by Crippen LogP contribution is -2.46. The Morgan fingerprint density at radius 3 is 2.72 bits per heavy atom. The lowest BCUT2D eigenvalue weighted by molar-refractivity contribution is -0.122. The maximum absolute atomic E-state index is 13.6. The van der Waals surface area contributed by atoms with Gasteiger partial charge in [-0.05, 0) is 50.1 Å². The molecule has 4 aromatic rings. The van der Waals surface area contributed by atoms with E-state index in [4.69, 9.17) is 9.47 Å². The van der Waals surface area contributed by atoms with Crippen molar-refractivity contribution >= 4 is 33.6 Å². The van der Waals surface area contributed by atoms with Gasteiger partial charge in [0.25, 0.3) is 5.91 Å². The minimum Gasteiger partial charge on any atom is -0.454 e. The monoisotopic (exact) mass is 492 g/mol. The van der Waals surface area contributed by atoms with Gasteiger partial charge in [-0.2, -0.15) is 0 Å². The molecule has 3 N–H and O–H groups in total. The number of aromatic nitrogens is 2. The topological polar surface area (TPSA) is 114 Å². The molecule has 0 spiro atoms. The summed E-state index contributed by atoms with van der Waals surface area (Å²) in [6, 6.07) is 6.93. The van der Waals surface area contributed by atoms with Gasteiger partial charge in [-0.25, -0.2) is 4.39 Å². The van der Waals surface area contributed by atoms with Crippen molar-refractivity contribution in [1.82, 2.24) is 20.2 Å². The van der Waals surface area contributed by atoms with Crippen molar-refractivity contribution < 1.29 is 23.5 Å². The van der Waals surface area contributed by atoms with Crippen LogP contribution >= 0.6 is 0 Å². The van der Waals surface area contributed by atoms with Crippen LogP contribution in [-0.2, 0) is 17.8 Å². The molecule has 0 aliphatic carbocycles. The van der Waals surface area contributed by atoms with E-state index in [0.717, 1.165) is 16.5 Å². The van der Waals surface area contributed by atoms with Crippen LogP contribution in [0.1, 0.15) is 29.8 Å². The van der Waals surface area contributed by atoms with Crippen molar-refractivity contribution in [3.05, 3.63) is 69.9 Å². The van der Waals surface area contributed by atoms with Crippen LogP contribution in [-0.4, -0.2) is 40.7 Å². The Kier molecular flexibility index (Phi) is 6.09. The fourth-order valence-electron chi connectivity index (χ4n) is 4.37. The minimum absolute atomic E-state index is 0.0660. The van der Waals surface area contributed by atoms with Gasteiger partial charge in [-0.1, -0.05) is 0 Å². The van der Waals surface area contributed by atoms with E-state index in [9.17, 15) is 18.8 Å². The Balaban J connectivity index is 1.27. The molecule has 2 aromatic heterocycles. The Labute approximate surface area is 205 Å². The van der Waals surface area contributed by atoms with E-state index in [1.54, 1.807) is 35.9 Å². The summed E-state index contributed by atoms with van der Waals surface area (Å²) in [6.07, 6.45) is 3.76. The van der Waals surface area contributed by atoms with Gasteiger partial charge in [0.1, 0.15) is 17.4 Å². The maximum Gasteiger partial charge on any atom is 0.257 e. The highest BCUT2D eigenvalue weighted by molar-refractivity contribution is 6.00. The van der Waals surface area contributed by atoms with Crippen LogP contribution in [0.15, 0.2) is 47.5 Å². The van der Waals surface area contributed by atoms with E-state index < -0.39 is 23.3 Å². The first-order chi connectivity index (χ1) is 17.4. The third-order valence-corrected chi connectivity index (χ3v) is 6.32. The third-order valence-electron chi connectivity index (χ3n) is 6.32. The van der Waals surface area contributed by atoms with Crippen LogP contribution in [0.4, 0.5) is 4.39 Å². The first kappa shape index (κ1) is 23.4. The van der Waals surface area contributed by atoms with Crippen molar-refractivity contribution in [1.29, 1.82) is 0 Å². The predicted octanol–water partition coefficient (Wildman–Crippen LogP) is 2.85. The first-order valence-corrected chi connectivity index (χ1v) is 11.7. The molecular formula is C26H25FN4O5. The average Bonchev–Trinajstić information content (AvgIpc) is 3.49. The number of carbonyl (C=O) groups is 2. The number of aromatic amines is 1. The van der Waals surface area contributed by atoms with E-state index >= 15 is 0 Å². The van der Waals surface area contributed by atoms with Crippen molar-refractivity contribution in [2.45, 2.75) is 32.9 Å². The Morgan fingerprint density at radius 1 is 1.17 bits per heavy atom. The van der Waals surface area contributed by atoms with Gasteiger partial charge in [-0.15, -0.1) is 0 Å². The number of halogens is 1. The van der Waals surface area contributed by atoms with Crippen molar-refractivity contribution in [2.24, 2.45) is 0 Å². The number of fused-ring (bicyclic) bond motifs is 3. The molecule has 5 rings (SSSR count). The van der Waals surface area contributed by atoms with Crippen LogP contribution in [0.3, 0.4) is 0 Å². The fourth-order valence-corrected chi connectivity index (χ4v) is 4.37. The molecule has 0 bridgehead atoms. The summed E-state index contributed by atoms with van der Waals surface area (Å²) >= 11 is 0. The highest BCUT2D eigenvalue weighted by Crippen LogP contribution is 2.35. The van der Waals surface area contributed by atoms with Gasteiger partial charge in [0.2, 0.25) is 18.1 Å². The minimum atomic E-state index is -0.875. The van der Waals surface area contributed by atoms with Gasteiger partial charge in [0, 0.05) is 42.5 Å². The number of H-pyrrole nitrogens is 1. The number of rotatable bonds is 7. The number of benzene rings is 2. The Hall–Kier alpha value is -4.34. The number of ether oxygens (including phenoxy) is 2. The molecule has 1 aliphatic heterocycles. The maximum atomic E-state index is 13.6. The third kappa shape index (κ3) is 4.26. The average molecular weight is 493 g/mol. The van der Waals surface area contributed by atoms with Crippen molar-refractivity contribution in [2.75, 3.05) is 13.3 Å². The first-order valence-electron chi connectivity index (χ1n) is 11.7. The molecule has 9 nitrogen and oxygen atoms in total. The number of carbonyl (C=O) groups excluding carboxylic acids is 2. The fraction of sp³-hybridized carbons (Fsp3) is 0.269. The molecule has 186 valence electrons. The summed E-state index contributed by atoms with van der Waals surface area (Å²) in [5, 5.41) is 6.48. The number of amides is 2. The summed E-state index contributed by atoms with van der Waals surface area (Å²) in [5.41, 5.74) is 1.80. The number of hydrogen-bond donors (Lipinski definition) is 3. The van der Waals surface area contributed by atoms with Crippen LogP contribution in [0.25, 0.3) is 21.8 Å². The molecule has 10 heteroatoms. The second kappa shape index (κ2) is 9.37. The van der Waals surface area contributed by atoms with E-state index in [2.05, 4.69) is 15.6 Å². The highest BCUT2D eigenvalue weighted by Gasteiger charge is 2.23. The van der Waals surface area contributed by atoms with Gasteiger partial charge in [-0.3, -0.25) is 14.4 Å². The lowest BCUT2D eigenvalue weighted by atomic mass is 10.1. The molecule has 1 atom stereocenters. The largest absolute Gasteiger partial charge is 0.454 e. The zero-order chi connectivity index (χ0) is 25.4. The van der Waals surface area contributed by atoms with E-state index in [1.807, 2.05) is 6.92 Å². The van der Waals surface area contributed by atoms with E-state index in [-0.39, 0.29) is 18.2 Å². The van der Waals surface area contributed by atoms with Crippen LogP contribution in [0, 0.1) is 5.82 Å². The van der Waals surface area contributed by atoms with Crippen LogP contribution in [0.2, 0.25) is 0 Å². The van der Waals surface area contributed by atoms with Gasteiger partial charge >= 0.3 is 0 Å². The SMILES string of the molecule is CCn1cc(C(=O)N[C@@H](C)C(=O)NCCc2c[nH]c3ccc(F)cc23)c(=O)c2cc3c(cc21)OCO3. The number of aryl methyl sites for hydroxylation is 1. The Morgan fingerprint density at radius 2 is 1.94 bits per heavy atom. The molecule has 1 aliphatic rings.